The fourth-order valence-corrected chi connectivity index (χ4v) is 15.4. The lowest BCUT2D eigenvalue weighted by Gasteiger charge is -2.46. The third kappa shape index (κ3) is 9.57. The third-order valence-corrected chi connectivity index (χ3v) is 20.3. The summed E-state index contributed by atoms with van der Waals surface area (Å²) in [5.74, 6) is 0. The van der Waals surface area contributed by atoms with Gasteiger partial charge in [0.25, 0.3) is 6.71 Å². The van der Waals surface area contributed by atoms with Crippen LogP contribution in [0.2, 0.25) is 0 Å². The summed E-state index contributed by atoms with van der Waals surface area (Å²) in [6.07, 6.45) is 0. The molecule has 4 heterocycles. The first-order valence-corrected chi connectivity index (χ1v) is 33.7. The van der Waals surface area contributed by atoms with E-state index in [1.165, 1.54) is 127 Å². The van der Waals surface area contributed by atoms with Crippen LogP contribution in [-0.2, 0) is 16.2 Å². The molecule has 0 spiro atoms. The Bertz CT molecular complexity index is 5410. The summed E-state index contributed by atoms with van der Waals surface area (Å²) in [6.45, 7) is 21.1. The Hall–Kier alpha value is -10.9. The van der Waals surface area contributed by atoms with Crippen molar-refractivity contribution in [2.45, 2.75) is 78.6 Å². The highest BCUT2D eigenvalue weighted by molar-refractivity contribution is 7.00. The number of anilines is 6. The fraction of sp³-hybridized carbons (Fsp3) is 0.133. The van der Waals surface area contributed by atoms with Crippen LogP contribution in [-0.4, -0.2) is 15.8 Å². The van der Waals surface area contributed by atoms with Crippen molar-refractivity contribution in [1.29, 1.82) is 0 Å². The summed E-state index contributed by atoms with van der Waals surface area (Å²) in [7, 11) is 0. The van der Waals surface area contributed by atoms with Gasteiger partial charge in [0.1, 0.15) is 0 Å². The van der Waals surface area contributed by atoms with Crippen LogP contribution in [0.4, 0.5) is 34.1 Å². The molecule has 13 aromatic carbocycles. The van der Waals surface area contributed by atoms with E-state index in [0.717, 1.165) is 39.5 Å². The third-order valence-electron chi connectivity index (χ3n) is 20.3. The molecule has 5 heteroatoms. The van der Waals surface area contributed by atoms with Gasteiger partial charge in [-0.3, -0.25) is 0 Å². The van der Waals surface area contributed by atoms with Gasteiger partial charge in [-0.1, -0.05) is 275 Å². The molecule has 0 radical (unpaired) electrons. The van der Waals surface area contributed by atoms with Crippen LogP contribution >= 0.6 is 0 Å². The first kappa shape index (κ1) is 58.0. The molecule has 2 aliphatic heterocycles. The SMILES string of the molecule is CC(C)(C)c1cc(-c2ccc3c(c2)N(c2c(-c4ccccc4)cccc2-c2ccccc2)c2cc(C(C)(C)C)cc4c2B3c2ccc(-n3c5ccccc5c5cc(-n6c7ccccc7c7ccccc76)ccc53)cc2N4c2cccc(-c3ccccc3)c2)cc(C(C)(C)C)c1. The molecule has 17 rings (SSSR count). The molecule has 0 saturated heterocycles. The smallest absolute Gasteiger partial charge is 0.252 e. The lowest BCUT2D eigenvalue weighted by atomic mass is 9.33. The van der Waals surface area contributed by atoms with Gasteiger partial charge in [0, 0.05) is 72.5 Å². The number of para-hydroxylation sites is 4. The summed E-state index contributed by atoms with van der Waals surface area (Å²) < 4.78 is 4.95. The highest BCUT2D eigenvalue weighted by Crippen LogP contribution is 2.53. The number of rotatable bonds is 8. The standard InChI is InChI=1S/C90H75BN4/c1-88(2,3)64-49-63(50-65(53-64)89(4,5)6)62-43-46-76-82(52-62)95(87-70(59-29-15-11-16-30-59)38-26-39-71(87)60-31-17-12-18-32-60)85-55-66(90(7,8)9)54-84-86(85)91(76)77-47-44-69(57-83(77)94(84)67-34-25-33-61(51-67)58-27-13-10-14-28-58)93-80-42-24-21-37-74(80)75-56-68(45-48-81(75)93)92-78-40-22-19-35-72(78)73-36-20-23-41-79(73)92/h10-57H,1-9H3. The number of benzene rings is 13. The normalized spacial score (nSPS) is 13.0. The van der Waals surface area contributed by atoms with Gasteiger partial charge in [-0.2, -0.15) is 0 Å². The first-order chi connectivity index (χ1) is 46.0. The molecule has 458 valence electrons. The summed E-state index contributed by atoms with van der Waals surface area (Å²) in [6, 6.07) is 110. The monoisotopic (exact) mass is 1220 g/mol. The van der Waals surface area contributed by atoms with Gasteiger partial charge in [-0.15, -0.1) is 0 Å². The molecule has 0 aliphatic carbocycles. The molecule has 0 amide bonds. The van der Waals surface area contributed by atoms with Crippen molar-refractivity contribution < 1.29 is 0 Å². The second-order valence-corrected chi connectivity index (χ2v) is 29.4. The van der Waals surface area contributed by atoms with Crippen LogP contribution in [0.5, 0.6) is 0 Å². The van der Waals surface area contributed by atoms with Gasteiger partial charge in [-0.25, -0.2) is 0 Å². The molecule has 0 N–H and O–H groups in total. The van der Waals surface area contributed by atoms with E-state index in [1.54, 1.807) is 0 Å². The minimum absolute atomic E-state index is 0.0685. The van der Waals surface area contributed by atoms with E-state index >= 15 is 0 Å². The molecule has 95 heavy (non-hydrogen) atoms. The van der Waals surface area contributed by atoms with Crippen molar-refractivity contribution in [1.82, 2.24) is 9.13 Å². The van der Waals surface area contributed by atoms with Gasteiger partial charge in [-0.05, 0) is 162 Å². The Kier molecular flexibility index (Phi) is 13.3. The van der Waals surface area contributed by atoms with Crippen LogP contribution in [0, 0.1) is 0 Å². The number of hydrogen-bond donors (Lipinski definition) is 0. The summed E-state index contributed by atoms with van der Waals surface area (Å²) >= 11 is 0. The van der Waals surface area contributed by atoms with Crippen LogP contribution in [0.15, 0.2) is 291 Å². The molecule has 0 saturated carbocycles. The van der Waals surface area contributed by atoms with Crippen molar-refractivity contribution >= 4 is 101 Å². The highest BCUT2D eigenvalue weighted by atomic mass is 15.2. The van der Waals surface area contributed by atoms with Gasteiger partial charge < -0.3 is 18.9 Å². The van der Waals surface area contributed by atoms with Crippen molar-refractivity contribution in [2.75, 3.05) is 9.80 Å². The molecule has 15 aromatic rings. The van der Waals surface area contributed by atoms with Crippen molar-refractivity contribution in [2.24, 2.45) is 0 Å². The zero-order valence-electron chi connectivity index (χ0n) is 55.6. The number of aromatic nitrogens is 2. The molecule has 4 nitrogen and oxygen atoms in total. The zero-order chi connectivity index (χ0) is 64.6. The molecule has 2 aliphatic rings. The Balaban J connectivity index is 0.968. The molecule has 0 atom stereocenters. The molecule has 2 aromatic heterocycles. The largest absolute Gasteiger partial charge is 0.311 e. The maximum absolute atomic E-state index is 2.69. The highest BCUT2D eigenvalue weighted by Gasteiger charge is 2.45. The number of fused-ring (bicyclic) bond motifs is 10. The molecular formula is C90H75BN4. The lowest BCUT2D eigenvalue weighted by Crippen LogP contribution is -2.61. The maximum atomic E-state index is 2.69. The maximum Gasteiger partial charge on any atom is 0.252 e. The van der Waals surface area contributed by atoms with Crippen molar-refractivity contribution in [3.8, 4) is 55.9 Å². The van der Waals surface area contributed by atoms with Crippen LogP contribution < -0.4 is 26.2 Å². The number of hydrogen-bond acceptors (Lipinski definition) is 2. The van der Waals surface area contributed by atoms with Gasteiger partial charge in [0.05, 0.1) is 27.8 Å². The number of nitrogens with zero attached hydrogens (tertiary/aromatic N) is 4. The Morgan fingerprint density at radius 1 is 0.253 bits per heavy atom. The molecule has 0 unspecified atom stereocenters. The van der Waals surface area contributed by atoms with E-state index in [2.05, 4.69) is 372 Å². The topological polar surface area (TPSA) is 16.3 Å². The Morgan fingerprint density at radius 2 is 0.674 bits per heavy atom. The quantitative estimate of drug-likeness (QED) is 0.141. The van der Waals surface area contributed by atoms with E-state index in [-0.39, 0.29) is 23.0 Å². The zero-order valence-corrected chi connectivity index (χ0v) is 55.6. The Labute approximate surface area is 558 Å². The van der Waals surface area contributed by atoms with Crippen LogP contribution in [0.1, 0.15) is 79.0 Å². The summed E-state index contributed by atoms with van der Waals surface area (Å²) in [5, 5.41) is 4.93. The van der Waals surface area contributed by atoms with Crippen molar-refractivity contribution in [3.63, 3.8) is 0 Å². The van der Waals surface area contributed by atoms with Gasteiger partial charge in [0.15, 0.2) is 0 Å². The van der Waals surface area contributed by atoms with Crippen LogP contribution in [0.25, 0.3) is 99.5 Å². The second kappa shape index (κ2) is 21.9. The average Bonchev–Trinajstić information content (AvgIpc) is 1.31. The van der Waals surface area contributed by atoms with E-state index in [1.807, 2.05) is 0 Å². The molecular weight excluding hydrogens is 1150 g/mol. The first-order valence-electron chi connectivity index (χ1n) is 33.7. The molecule has 0 fully saturated rings. The van der Waals surface area contributed by atoms with Gasteiger partial charge in [0.2, 0.25) is 0 Å². The minimum atomic E-state index is -0.256. The van der Waals surface area contributed by atoms with E-state index < -0.39 is 0 Å². The molecule has 0 bridgehead atoms. The van der Waals surface area contributed by atoms with Crippen molar-refractivity contribution in [3.05, 3.63) is 308 Å². The van der Waals surface area contributed by atoms with Gasteiger partial charge >= 0.3 is 0 Å². The second-order valence-electron chi connectivity index (χ2n) is 29.4. The predicted molar refractivity (Wildman–Crippen MR) is 407 cm³/mol. The summed E-state index contributed by atoms with van der Waals surface area (Å²) in [5.41, 5.74) is 30.7. The average molecular weight is 1220 g/mol. The Morgan fingerprint density at radius 3 is 1.23 bits per heavy atom. The van der Waals surface area contributed by atoms with E-state index in [0.29, 0.717) is 0 Å². The van der Waals surface area contributed by atoms with Crippen LogP contribution in [0.3, 0.4) is 0 Å². The summed E-state index contributed by atoms with van der Waals surface area (Å²) in [4.78, 5) is 5.31. The minimum Gasteiger partial charge on any atom is -0.311 e. The fourth-order valence-electron chi connectivity index (χ4n) is 15.4. The predicted octanol–water partition coefficient (Wildman–Crippen LogP) is 22.5. The van der Waals surface area contributed by atoms with E-state index in [4.69, 9.17) is 0 Å². The van der Waals surface area contributed by atoms with E-state index in [9.17, 15) is 0 Å². The lowest BCUT2D eigenvalue weighted by molar-refractivity contribution is 0.569.